The fourth-order valence-corrected chi connectivity index (χ4v) is 1.90. The summed E-state index contributed by atoms with van der Waals surface area (Å²) in [5.41, 5.74) is -0.179. The van der Waals surface area contributed by atoms with Crippen molar-refractivity contribution in [3.8, 4) is 0 Å². The van der Waals surface area contributed by atoms with E-state index in [1.165, 1.54) is 6.20 Å². The lowest BCUT2D eigenvalue weighted by Gasteiger charge is -2.29. The van der Waals surface area contributed by atoms with Gasteiger partial charge in [0.05, 0.1) is 13.2 Å². The van der Waals surface area contributed by atoms with Gasteiger partial charge in [-0.2, -0.15) is 0 Å². The number of hydrogen-bond acceptors (Lipinski definition) is 5. The number of anilines is 1. The lowest BCUT2D eigenvalue weighted by Crippen LogP contribution is -2.42. The Morgan fingerprint density at radius 1 is 1.59 bits per heavy atom. The van der Waals surface area contributed by atoms with Crippen LogP contribution in [-0.2, 0) is 4.74 Å². The van der Waals surface area contributed by atoms with Crippen LogP contribution in [0.4, 0.5) is 5.82 Å². The van der Waals surface area contributed by atoms with Crippen LogP contribution in [0.25, 0.3) is 0 Å². The molecule has 1 unspecified atom stereocenters. The van der Waals surface area contributed by atoms with Gasteiger partial charge in [0.1, 0.15) is 0 Å². The summed E-state index contributed by atoms with van der Waals surface area (Å²) in [7, 11) is 0. The van der Waals surface area contributed by atoms with Crippen molar-refractivity contribution < 1.29 is 4.74 Å². The van der Waals surface area contributed by atoms with Crippen molar-refractivity contribution in [3.63, 3.8) is 0 Å². The number of aromatic nitrogens is 2. The van der Waals surface area contributed by atoms with Gasteiger partial charge in [-0.3, -0.25) is 9.69 Å². The van der Waals surface area contributed by atoms with Crippen LogP contribution < -0.4 is 10.9 Å². The van der Waals surface area contributed by atoms with Crippen molar-refractivity contribution >= 4 is 5.82 Å². The maximum absolute atomic E-state index is 11.4. The average Bonchev–Trinajstić information content (AvgIpc) is 2.33. The molecule has 1 aliphatic rings. The van der Waals surface area contributed by atoms with Gasteiger partial charge >= 0.3 is 0 Å². The Bertz CT molecular complexity index is 400. The number of ether oxygens (including phenoxy) is 1. The number of rotatable bonds is 4. The Morgan fingerprint density at radius 3 is 3.06 bits per heavy atom. The van der Waals surface area contributed by atoms with E-state index in [4.69, 9.17) is 4.74 Å². The van der Waals surface area contributed by atoms with Crippen LogP contribution >= 0.6 is 0 Å². The number of morpholine rings is 1. The normalized spacial score (nSPS) is 18.9. The van der Waals surface area contributed by atoms with Crippen LogP contribution in [0.1, 0.15) is 6.92 Å². The Morgan fingerprint density at radius 2 is 2.35 bits per heavy atom. The van der Waals surface area contributed by atoms with E-state index in [0.717, 1.165) is 32.8 Å². The van der Waals surface area contributed by atoms with Gasteiger partial charge in [0.2, 0.25) is 0 Å². The third-order valence-corrected chi connectivity index (χ3v) is 2.73. The molecular weight excluding hydrogens is 220 g/mol. The summed E-state index contributed by atoms with van der Waals surface area (Å²) in [6, 6.07) is 0.184. The van der Waals surface area contributed by atoms with Crippen LogP contribution in [0.5, 0.6) is 0 Å². The van der Waals surface area contributed by atoms with Gasteiger partial charge in [0.15, 0.2) is 5.82 Å². The van der Waals surface area contributed by atoms with Crippen LogP contribution in [0.15, 0.2) is 17.2 Å². The maximum Gasteiger partial charge on any atom is 0.290 e. The van der Waals surface area contributed by atoms with E-state index in [-0.39, 0.29) is 11.6 Å². The highest BCUT2D eigenvalue weighted by atomic mass is 16.5. The minimum absolute atomic E-state index is 0.179. The molecule has 2 N–H and O–H groups in total. The summed E-state index contributed by atoms with van der Waals surface area (Å²) in [6.07, 6.45) is 3.10. The number of hydrogen-bond donors (Lipinski definition) is 2. The Kier molecular flexibility index (Phi) is 4.11. The highest BCUT2D eigenvalue weighted by molar-refractivity contribution is 5.31. The lowest BCUT2D eigenvalue weighted by atomic mass is 10.3. The van der Waals surface area contributed by atoms with Gasteiger partial charge in [-0.1, -0.05) is 0 Å². The van der Waals surface area contributed by atoms with Crippen LogP contribution in [0.3, 0.4) is 0 Å². The van der Waals surface area contributed by atoms with Crippen molar-refractivity contribution in [2.24, 2.45) is 0 Å². The topological polar surface area (TPSA) is 70.2 Å². The summed E-state index contributed by atoms with van der Waals surface area (Å²) < 4.78 is 5.29. The van der Waals surface area contributed by atoms with Gasteiger partial charge in [0, 0.05) is 38.1 Å². The second kappa shape index (κ2) is 5.79. The van der Waals surface area contributed by atoms with E-state index in [0.29, 0.717) is 5.82 Å². The Hall–Kier alpha value is -1.40. The first-order chi connectivity index (χ1) is 8.25. The van der Waals surface area contributed by atoms with Crippen LogP contribution in [0, 0.1) is 0 Å². The molecule has 0 aliphatic carbocycles. The van der Waals surface area contributed by atoms with Gasteiger partial charge in [0.25, 0.3) is 5.56 Å². The lowest BCUT2D eigenvalue weighted by molar-refractivity contribution is 0.0368. The third-order valence-electron chi connectivity index (χ3n) is 2.73. The highest BCUT2D eigenvalue weighted by Gasteiger charge is 2.14. The number of nitrogens with one attached hydrogen (secondary N) is 2. The quantitative estimate of drug-likeness (QED) is 0.766. The first-order valence-corrected chi connectivity index (χ1v) is 5.86. The molecule has 0 amide bonds. The van der Waals surface area contributed by atoms with Crippen molar-refractivity contribution in [3.05, 3.63) is 22.7 Å². The van der Waals surface area contributed by atoms with Crippen molar-refractivity contribution in [1.82, 2.24) is 14.9 Å². The minimum Gasteiger partial charge on any atom is -0.379 e. The number of aromatic amines is 1. The molecule has 0 aromatic carbocycles. The van der Waals surface area contributed by atoms with Gasteiger partial charge in [-0.15, -0.1) is 0 Å². The second-order valence-corrected chi connectivity index (χ2v) is 4.23. The van der Waals surface area contributed by atoms with Crippen molar-refractivity contribution in [2.45, 2.75) is 13.0 Å². The fourth-order valence-electron chi connectivity index (χ4n) is 1.90. The van der Waals surface area contributed by atoms with Crippen molar-refractivity contribution in [1.29, 1.82) is 0 Å². The summed E-state index contributed by atoms with van der Waals surface area (Å²) in [5, 5.41) is 3.12. The van der Waals surface area contributed by atoms with Gasteiger partial charge in [-0.25, -0.2) is 4.98 Å². The highest BCUT2D eigenvalue weighted by Crippen LogP contribution is 2.01. The molecule has 0 spiro atoms. The molecule has 1 aromatic rings. The molecule has 1 aromatic heterocycles. The molecule has 6 nitrogen and oxygen atoms in total. The van der Waals surface area contributed by atoms with Gasteiger partial charge in [-0.05, 0) is 6.92 Å². The zero-order chi connectivity index (χ0) is 12.1. The molecule has 2 rings (SSSR count). The zero-order valence-electron chi connectivity index (χ0n) is 9.98. The van der Waals surface area contributed by atoms with E-state index >= 15 is 0 Å². The SMILES string of the molecule is CC(CN1CCOCC1)Nc1ncc[nH]c1=O. The second-order valence-electron chi connectivity index (χ2n) is 4.23. The Balaban J connectivity index is 1.86. The van der Waals surface area contributed by atoms with E-state index in [1.807, 2.05) is 6.92 Å². The van der Waals surface area contributed by atoms with Crippen LogP contribution in [-0.4, -0.2) is 53.8 Å². The molecule has 0 bridgehead atoms. The predicted octanol–water partition coefficient (Wildman–Crippen LogP) is -0.0975. The number of nitrogens with zero attached hydrogens (tertiary/aromatic N) is 2. The van der Waals surface area contributed by atoms with Crippen molar-refractivity contribution in [2.75, 3.05) is 38.2 Å². The summed E-state index contributed by atoms with van der Waals surface area (Å²) in [4.78, 5) is 20.4. The molecule has 0 saturated carbocycles. The van der Waals surface area contributed by atoms with Crippen LogP contribution in [0.2, 0.25) is 0 Å². The third kappa shape index (κ3) is 3.54. The molecule has 1 saturated heterocycles. The molecular formula is C11H18N4O2. The summed E-state index contributed by atoms with van der Waals surface area (Å²) >= 11 is 0. The standard InChI is InChI=1S/C11H18N4O2/c1-9(8-15-4-6-17-7-5-15)14-10-11(16)13-3-2-12-10/h2-3,9H,4-8H2,1H3,(H,12,14)(H,13,16). The number of H-pyrrole nitrogens is 1. The molecule has 2 heterocycles. The molecule has 1 aliphatic heterocycles. The van der Waals surface area contributed by atoms with E-state index in [9.17, 15) is 4.79 Å². The maximum atomic E-state index is 11.4. The minimum atomic E-state index is -0.179. The molecule has 94 valence electrons. The summed E-state index contributed by atoms with van der Waals surface area (Å²) in [5.74, 6) is 0.383. The fraction of sp³-hybridized carbons (Fsp3) is 0.636. The first-order valence-electron chi connectivity index (χ1n) is 5.86. The summed E-state index contributed by atoms with van der Waals surface area (Å²) in [6.45, 7) is 6.41. The zero-order valence-corrected chi connectivity index (χ0v) is 9.98. The first kappa shape index (κ1) is 12.1. The smallest absolute Gasteiger partial charge is 0.290 e. The van der Waals surface area contributed by atoms with E-state index in [1.54, 1.807) is 6.20 Å². The largest absolute Gasteiger partial charge is 0.379 e. The monoisotopic (exact) mass is 238 g/mol. The predicted molar refractivity (Wildman–Crippen MR) is 65.2 cm³/mol. The van der Waals surface area contributed by atoms with Gasteiger partial charge < -0.3 is 15.0 Å². The molecule has 6 heteroatoms. The Labute approximate surface area is 100 Å². The molecule has 0 radical (unpaired) electrons. The van der Waals surface area contributed by atoms with E-state index < -0.39 is 0 Å². The molecule has 1 fully saturated rings. The van der Waals surface area contributed by atoms with E-state index in [2.05, 4.69) is 20.2 Å². The molecule has 17 heavy (non-hydrogen) atoms. The average molecular weight is 238 g/mol. The molecule has 1 atom stereocenters.